The second kappa shape index (κ2) is 7.01. The number of nitrogens with two attached hydrogens (primary N) is 2. The zero-order valence-electron chi connectivity index (χ0n) is 10.9. The maximum atomic E-state index is 11.9. The van der Waals surface area contributed by atoms with Gasteiger partial charge in [-0.25, -0.2) is 5.84 Å². The minimum Gasteiger partial charge on any atom is -0.508 e. The first-order chi connectivity index (χ1) is 9.45. The summed E-state index contributed by atoms with van der Waals surface area (Å²) in [7, 11) is 0. The van der Waals surface area contributed by atoms with E-state index in [9.17, 15) is 9.90 Å². The monoisotopic (exact) mass is 275 g/mol. The molecule has 0 saturated carbocycles. The van der Waals surface area contributed by atoms with Crippen LogP contribution in [0.3, 0.4) is 0 Å². The predicted octanol–water partition coefficient (Wildman–Crippen LogP) is 1.06. The number of amides is 1. The summed E-state index contributed by atoms with van der Waals surface area (Å²) >= 11 is 0. The average Bonchev–Trinajstić information content (AvgIpc) is 2.45. The molecule has 0 spiro atoms. The van der Waals surface area contributed by atoms with Gasteiger partial charge in [0.1, 0.15) is 17.2 Å². The third kappa shape index (κ3) is 4.18. The van der Waals surface area contributed by atoms with Crippen LogP contribution in [0.2, 0.25) is 0 Å². The Morgan fingerprint density at radius 3 is 2.50 bits per heavy atom. The van der Waals surface area contributed by atoms with Crippen molar-refractivity contribution in [1.82, 2.24) is 5.01 Å². The molecule has 0 saturated heterocycles. The Morgan fingerprint density at radius 2 is 1.95 bits per heavy atom. The van der Waals surface area contributed by atoms with E-state index in [0.717, 1.165) is 5.01 Å². The molecule has 0 unspecified atom stereocenters. The van der Waals surface area contributed by atoms with Gasteiger partial charge in [-0.05, 0) is 23.8 Å². The molecule has 0 heterocycles. The molecule has 20 heavy (non-hydrogen) atoms. The van der Waals surface area contributed by atoms with Gasteiger partial charge in [-0.3, -0.25) is 9.80 Å². The lowest BCUT2D eigenvalue weighted by atomic mass is 10.2. The van der Waals surface area contributed by atoms with Crippen LogP contribution in [0.4, 0.5) is 0 Å². The number of aromatic hydroxyl groups is 1. The zero-order valence-corrected chi connectivity index (χ0v) is 10.9. The number of carbonyl (C=O) groups is 1. The fraction of sp³-hybridized carbons (Fsp3) is 0.0714. The second-order valence-corrected chi connectivity index (χ2v) is 3.99. The molecule has 0 aliphatic rings. The molecule has 0 atom stereocenters. The summed E-state index contributed by atoms with van der Waals surface area (Å²) in [5.41, 5.74) is 5.87. The molecule has 1 aromatic rings. The minimum atomic E-state index is -0.704. The van der Waals surface area contributed by atoms with Crippen LogP contribution in [0.5, 0.6) is 5.75 Å². The summed E-state index contributed by atoms with van der Waals surface area (Å²) in [6.07, 6.45) is 4.12. The molecule has 1 rings (SSSR count). The van der Waals surface area contributed by atoms with E-state index < -0.39 is 5.91 Å². The number of phenols is 1. The number of aliphatic hydroxyl groups is 1. The van der Waals surface area contributed by atoms with Crippen molar-refractivity contribution >= 4 is 5.91 Å². The van der Waals surface area contributed by atoms with E-state index in [1.165, 1.54) is 30.4 Å². The summed E-state index contributed by atoms with van der Waals surface area (Å²) < 4.78 is 0. The van der Waals surface area contributed by atoms with Crippen LogP contribution >= 0.6 is 0 Å². The first kappa shape index (κ1) is 15.3. The van der Waals surface area contributed by atoms with Gasteiger partial charge in [0.25, 0.3) is 5.91 Å². The fourth-order valence-corrected chi connectivity index (χ4v) is 1.38. The van der Waals surface area contributed by atoms with Gasteiger partial charge in [-0.1, -0.05) is 30.9 Å². The normalized spacial score (nSPS) is 12.1. The third-order valence-corrected chi connectivity index (χ3v) is 2.45. The molecule has 0 radical (unpaired) electrons. The lowest BCUT2D eigenvalue weighted by Gasteiger charge is -2.17. The summed E-state index contributed by atoms with van der Waals surface area (Å²) in [6.45, 7) is 3.53. The van der Waals surface area contributed by atoms with E-state index in [1.54, 1.807) is 12.1 Å². The Labute approximate surface area is 116 Å². The highest BCUT2D eigenvalue weighted by Gasteiger charge is 2.16. The van der Waals surface area contributed by atoms with Crippen molar-refractivity contribution in [2.24, 2.45) is 11.6 Å². The molecule has 106 valence electrons. The van der Waals surface area contributed by atoms with E-state index >= 15 is 0 Å². The van der Waals surface area contributed by atoms with Gasteiger partial charge >= 0.3 is 0 Å². The van der Waals surface area contributed by atoms with Crippen LogP contribution in [0.1, 0.15) is 5.56 Å². The van der Waals surface area contributed by atoms with E-state index in [0.29, 0.717) is 5.56 Å². The van der Waals surface area contributed by atoms with Crippen LogP contribution in [0, 0.1) is 0 Å². The van der Waals surface area contributed by atoms with Crippen LogP contribution in [0.25, 0.3) is 0 Å². The maximum absolute atomic E-state index is 11.9. The molecule has 6 N–H and O–H groups in total. The first-order valence-electron chi connectivity index (χ1n) is 5.78. The van der Waals surface area contributed by atoms with E-state index in [-0.39, 0.29) is 23.8 Å². The quantitative estimate of drug-likeness (QED) is 0.160. The number of nitrogens with zero attached hydrogens (tertiary/aromatic N) is 1. The number of hydrogen-bond donors (Lipinski definition) is 4. The second-order valence-electron chi connectivity index (χ2n) is 3.99. The van der Waals surface area contributed by atoms with Gasteiger partial charge in [-0.2, -0.15) is 0 Å². The van der Waals surface area contributed by atoms with E-state index in [2.05, 4.69) is 6.58 Å². The van der Waals surface area contributed by atoms with Crippen molar-refractivity contribution in [2.75, 3.05) is 0 Å². The molecule has 6 nitrogen and oxygen atoms in total. The predicted molar refractivity (Wildman–Crippen MR) is 76.0 cm³/mol. The van der Waals surface area contributed by atoms with E-state index in [4.69, 9.17) is 16.7 Å². The van der Waals surface area contributed by atoms with Crippen LogP contribution in [-0.2, 0) is 11.3 Å². The number of hydrogen-bond acceptors (Lipinski definition) is 5. The Morgan fingerprint density at radius 1 is 1.35 bits per heavy atom. The molecule has 0 aliphatic heterocycles. The first-order valence-corrected chi connectivity index (χ1v) is 5.78. The van der Waals surface area contributed by atoms with Crippen LogP contribution in [0.15, 0.2) is 60.5 Å². The number of benzene rings is 1. The fourth-order valence-electron chi connectivity index (χ4n) is 1.38. The number of carbonyl (C=O) groups excluding carboxylic acids is 1. The summed E-state index contributed by atoms with van der Waals surface area (Å²) in [5, 5.41) is 19.6. The highest BCUT2D eigenvalue weighted by Crippen LogP contribution is 2.11. The number of rotatable bonds is 5. The van der Waals surface area contributed by atoms with Gasteiger partial charge in [0.2, 0.25) is 0 Å². The Bertz CT molecular complexity index is 547. The molecule has 6 heteroatoms. The van der Waals surface area contributed by atoms with Crippen LogP contribution < -0.4 is 11.6 Å². The molecule has 0 aliphatic carbocycles. The molecule has 1 amide bonds. The van der Waals surface area contributed by atoms with Gasteiger partial charge in [0.05, 0.1) is 6.54 Å². The standard InChI is InChI=1S/C14H17N3O3/c1-2-3-4-12(19)13(15)14(20)17(16)9-10-5-7-11(18)8-6-10/h2-8,18-19H,1,9,15-16H2/b4-3-,13-12+. The largest absolute Gasteiger partial charge is 0.508 e. The van der Waals surface area contributed by atoms with Crippen molar-refractivity contribution in [3.8, 4) is 5.75 Å². The van der Waals surface area contributed by atoms with Crippen molar-refractivity contribution in [3.63, 3.8) is 0 Å². The van der Waals surface area contributed by atoms with Gasteiger partial charge in [0, 0.05) is 0 Å². The summed E-state index contributed by atoms with van der Waals surface area (Å²) in [6, 6.07) is 6.22. The topological polar surface area (TPSA) is 113 Å². The number of aliphatic hydroxyl groups excluding tert-OH is 1. The van der Waals surface area contributed by atoms with Crippen LogP contribution in [-0.4, -0.2) is 21.1 Å². The number of allylic oxidation sites excluding steroid dienone is 3. The summed E-state index contributed by atoms with van der Waals surface area (Å²) in [5.74, 6) is 4.64. The number of phenolic OH excluding ortho intramolecular Hbond substituents is 1. The highest BCUT2D eigenvalue weighted by molar-refractivity contribution is 5.92. The maximum Gasteiger partial charge on any atom is 0.287 e. The van der Waals surface area contributed by atoms with Crippen molar-refractivity contribution in [1.29, 1.82) is 0 Å². The molecular weight excluding hydrogens is 258 g/mol. The summed E-state index contributed by atoms with van der Waals surface area (Å²) in [4.78, 5) is 11.9. The smallest absolute Gasteiger partial charge is 0.287 e. The van der Waals surface area contributed by atoms with E-state index in [1.807, 2.05) is 0 Å². The lowest BCUT2D eigenvalue weighted by molar-refractivity contribution is -0.128. The van der Waals surface area contributed by atoms with Crippen molar-refractivity contribution in [2.45, 2.75) is 6.54 Å². The Balaban J connectivity index is 2.78. The molecule has 0 bridgehead atoms. The molecular formula is C14H17N3O3. The molecule has 1 aromatic carbocycles. The average molecular weight is 275 g/mol. The number of hydrazine groups is 1. The lowest BCUT2D eigenvalue weighted by Crippen LogP contribution is -2.40. The highest BCUT2D eigenvalue weighted by atomic mass is 16.3. The Hall–Kier alpha value is -2.73. The SMILES string of the molecule is C=C/C=C\C(O)=C(/N)C(=O)N(N)Cc1ccc(O)cc1. The van der Waals surface area contributed by atoms with Crippen molar-refractivity contribution < 1.29 is 15.0 Å². The van der Waals surface area contributed by atoms with Gasteiger partial charge in [-0.15, -0.1) is 0 Å². The van der Waals surface area contributed by atoms with Crippen molar-refractivity contribution in [3.05, 3.63) is 66.1 Å². The Kier molecular flexibility index (Phi) is 5.37. The molecule has 0 aromatic heterocycles. The third-order valence-electron chi connectivity index (χ3n) is 2.45. The van der Waals surface area contributed by atoms with Gasteiger partial charge < -0.3 is 15.9 Å². The zero-order chi connectivity index (χ0) is 15.1. The molecule has 0 fully saturated rings. The minimum absolute atomic E-state index is 0.0955. The van der Waals surface area contributed by atoms with Gasteiger partial charge in [0.15, 0.2) is 0 Å².